The molecule has 0 radical (unpaired) electrons. The lowest BCUT2D eigenvalue weighted by Crippen LogP contribution is -2.21. The van der Waals surface area contributed by atoms with Crippen molar-refractivity contribution in [1.29, 1.82) is 0 Å². The number of benzene rings is 1. The highest BCUT2D eigenvalue weighted by molar-refractivity contribution is 7.88. The van der Waals surface area contributed by atoms with Crippen LogP contribution in [0.5, 0.6) is 11.5 Å². The van der Waals surface area contributed by atoms with Crippen LogP contribution in [0.4, 0.5) is 0 Å². The zero-order valence-electron chi connectivity index (χ0n) is 9.20. The summed E-state index contributed by atoms with van der Waals surface area (Å²) in [5, 5.41) is 0.424. The predicted octanol–water partition coefficient (Wildman–Crippen LogP) is 1.16. The molecule has 0 amide bonds. The van der Waals surface area contributed by atoms with Crippen molar-refractivity contribution >= 4 is 21.6 Å². The van der Waals surface area contributed by atoms with Crippen molar-refractivity contribution in [2.75, 3.05) is 19.5 Å². The summed E-state index contributed by atoms with van der Waals surface area (Å²) in [6.07, 6.45) is 1.10. The Bertz CT molecular complexity index is 529. The Morgan fingerprint density at radius 3 is 2.76 bits per heavy atom. The second-order valence-corrected chi connectivity index (χ2v) is 5.94. The number of nitrogens with one attached hydrogen (secondary N) is 1. The van der Waals surface area contributed by atoms with E-state index in [0.29, 0.717) is 29.7 Å². The van der Waals surface area contributed by atoms with Crippen LogP contribution >= 0.6 is 11.6 Å². The number of hydrogen-bond acceptors (Lipinski definition) is 4. The Kier molecular flexibility index (Phi) is 3.46. The van der Waals surface area contributed by atoms with Crippen LogP contribution < -0.4 is 14.2 Å². The maximum absolute atomic E-state index is 11.0. The number of rotatable bonds is 3. The Hall–Kier alpha value is -0.980. The van der Waals surface area contributed by atoms with Gasteiger partial charge in [-0.05, 0) is 17.7 Å². The summed E-state index contributed by atoms with van der Waals surface area (Å²) in [7, 11) is -3.22. The SMILES string of the molecule is CS(=O)(=O)NCc1cc(Cl)c2c(c1)OCCO2. The third kappa shape index (κ3) is 3.24. The molecule has 0 bridgehead atoms. The molecule has 0 saturated carbocycles. The fourth-order valence-electron chi connectivity index (χ4n) is 1.48. The lowest BCUT2D eigenvalue weighted by molar-refractivity contribution is 0.171. The van der Waals surface area contributed by atoms with Crippen LogP contribution in [-0.4, -0.2) is 27.9 Å². The third-order valence-electron chi connectivity index (χ3n) is 2.20. The fourth-order valence-corrected chi connectivity index (χ4v) is 2.20. The summed E-state index contributed by atoms with van der Waals surface area (Å²) >= 11 is 6.02. The summed E-state index contributed by atoms with van der Waals surface area (Å²) in [4.78, 5) is 0. The molecule has 0 aliphatic carbocycles. The molecule has 1 aromatic rings. The number of hydrogen-bond donors (Lipinski definition) is 1. The Labute approximate surface area is 105 Å². The molecule has 1 aliphatic rings. The minimum Gasteiger partial charge on any atom is -0.486 e. The molecule has 0 unspecified atom stereocenters. The molecular formula is C10H12ClNO4S. The van der Waals surface area contributed by atoms with Gasteiger partial charge in [-0.3, -0.25) is 0 Å². The molecule has 0 spiro atoms. The molecule has 1 N–H and O–H groups in total. The molecule has 1 aromatic carbocycles. The fraction of sp³-hybridized carbons (Fsp3) is 0.400. The molecule has 0 fully saturated rings. The number of sulfonamides is 1. The van der Waals surface area contributed by atoms with Crippen LogP contribution in [0.1, 0.15) is 5.56 Å². The van der Waals surface area contributed by atoms with Gasteiger partial charge in [0.2, 0.25) is 10.0 Å². The van der Waals surface area contributed by atoms with Crippen LogP contribution in [-0.2, 0) is 16.6 Å². The van der Waals surface area contributed by atoms with Gasteiger partial charge in [0.05, 0.1) is 11.3 Å². The van der Waals surface area contributed by atoms with Crippen LogP contribution in [0.15, 0.2) is 12.1 Å². The lowest BCUT2D eigenvalue weighted by Gasteiger charge is -2.20. The van der Waals surface area contributed by atoms with E-state index in [4.69, 9.17) is 21.1 Å². The van der Waals surface area contributed by atoms with Gasteiger partial charge in [0, 0.05) is 6.54 Å². The third-order valence-corrected chi connectivity index (χ3v) is 3.14. The molecule has 94 valence electrons. The van der Waals surface area contributed by atoms with E-state index in [2.05, 4.69) is 4.72 Å². The first kappa shape index (κ1) is 12.5. The minimum atomic E-state index is -3.22. The van der Waals surface area contributed by atoms with Crippen LogP contribution in [0.2, 0.25) is 5.02 Å². The maximum Gasteiger partial charge on any atom is 0.209 e. The quantitative estimate of drug-likeness (QED) is 0.900. The molecule has 5 nitrogen and oxygen atoms in total. The van der Waals surface area contributed by atoms with Gasteiger partial charge in [0.15, 0.2) is 11.5 Å². The zero-order chi connectivity index (χ0) is 12.5. The van der Waals surface area contributed by atoms with E-state index >= 15 is 0 Å². The van der Waals surface area contributed by atoms with Crippen molar-refractivity contribution in [2.24, 2.45) is 0 Å². The van der Waals surface area contributed by atoms with Crippen LogP contribution in [0, 0.1) is 0 Å². The first-order chi connectivity index (χ1) is 7.96. The predicted molar refractivity (Wildman–Crippen MR) is 64.1 cm³/mol. The molecule has 2 rings (SSSR count). The first-order valence-corrected chi connectivity index (χ1v) is 7.25. The Balaban J connectivity index is 2.22. The normalized spacial score (nSPS) is 14.7. The summed E-state index contributed by atoms with van der Waals surface area (Å²) in [6.45, 7) is 1.11. The maximum atomic E-state index is 11.0. The van der Waals surface area contributed by atoms with Crippen molar-refractivity contribution in [1.82, 2.24) is 4.72 Å². The summed E-state index contributed by atoms with van der Waals surface area (Å²) in [5.41, 5.74) is 0.727. The highest BCUT2D eigenvalue weighted by atomic mass is 35.5. The molecule has 1 aliphatic heterocycles. The van der Waals surface area contributed by atoms with Gasteiger partial charge in [0.1, 0.15) is 13.2 Å². The van der Waals surface area contributed by atoms with Gasteiger partial charge in [-0.25, -0.2) is 13.1 Å². The zero-order valence-corrected chi connectivity index (χ0v) is 10.8. The second-order valence-electron chi connectivity index (χ2n) is 3.70. The van der Waals surface area contributed by atoms with Gasteiger partial charge in [-0.2, -0.15) is 0 Å². The van der Waals surface area contributed by atoms with Gasteiger partial charge >= 0.3 is 0 Å². The molecule has 0 atom stereocenters. The topological polar surface area (TPSA) is 64.6 Å². The van der Waals surface area contributed by atoms with Gasteiger partial charge in [-0.15, -0.1) is 0 Å². The summed E-state index contributed by atoms with van der Waals surface area (Å²) < 4.78 is 35.1. The van der Waals surface area contributed by atoms with Crippen LogP contribution in [0.3, 0.4) is 0 Å². The van der Waals surface area contributed by atoms with Crippen LogP contribution in [0.25, 0.3) is 0 Å². The number of ether oxygens (including phenoxy) is 2. The average molecular weight is 278 g/mol. The van der Waals surface area contributed by atoms with E-state index in [1.807, 2.05) is 0 Å². The smallest absolute Gasteiger partial charge is 0.209 e. The van der Waals surface area contributed by atoms with E-state index < -0.39 is 10.0 Å². The van der Waals surface area contributed by atoms with E-state index in [0.717, 1.165) is 11.8 Å². The molecule has 1 heterocycles. The lowest BCUT2D eigenvalue weighted by atomic mass is 10.2. The van der Waals surface area contributed by atoms with Crippen molar-refractivity contribution in [3.05, 3.63) is 22.7 Å². The van der Waals surface area contributed by atoms with Crippen molar-refractivity contribution in [3.8, 4) is 11.5 Å². The molecule has 17 heavy (non-hydrogen) atoms. The monoisotopic (exact) mass is 277 g/mol. The molecule has 0 saturated heterocycles. The highest BCUT2D eigenvalue weighted by Gasteiger charge is 2.16. The second kappa shape index (κ2) is 4.72. The Morgan fingerprint density at radius 2 is 2.06 bits per heavy atom. The molecular weight excluding hydrogens is 266 g/mol. The van der Waals surface area contributed by atoms with Crippen molar-refractivity contribution < 1.29 is 17.9 Å². The van der Waals surface area contributed by atoms with Gasteiger partial charge in [-0.1, -0.05) is 11.6 Å². The Morgan fingerprint density at radius 1 is 1.35 bits per heavy atom. The molecule has 7 heteroatoms. The van der Waals surface area contributed by atoms with E-state index in [9.17, 15) is 8.42 Å². The highest BCUT2D eigenvalue weighted by Crippen LogP contribution is 2.38. The minimum absolute atomic E-state index is 0.176. The van der Waals surface area contributed by atoms with E-state index in [-0.39, 0.29) is 6.54 Å². The van der Waals surface area contributed by atoms with Gasteiger partial charge < -0.3 is 9.47 Å². The van der Waals surface area contributed by atoms with Crippen molar-refractivity contribution in [3.63, 3.8) is 0 Å². The van der Waals surface area contributed by atoms with E-state index in [1.165, 1.54) is 0 Å². The summed E-state index contributed by atoms with van der Waals surface area (Å²) in [6, 6.07) is 3.38. The number of fused-ring (bicyclic) bond motifs is 1. The number of halogens is 1. The molecule has 0 aromatic heterocycles. The average Bonchev–Trinajstić information content (AvgIpc) is 2.26. The summed E-state index contributed by atoms with van der Waals surface area (Å²) in [5.74, 6) is 1.06. The van der Waals surface area contributed by atoms with Crippen molar-refractivity contribution in [2.45, 2.75) is 6.54 Å². The van der Waals surface area contributed by atoms with E-state index in [1.54, 1.807) is 12.1 Å². The largest absolute Gasteiger partial charge is 0.486 e. The van der Waals surface area contributed by atoms with Gasteiger partial charge in [0.25, 0.3) is 0 Å². The first-order valence-electron chi connectivity index (χ1n) is 4.98. The standard InChI is InChI=1S/C10H12ClNO4S/c1-17(13,14)12-6-7-4-8(11)10-9(5-7)15-2-3-16-10/h4-5,12H,2-3,6H2,1H3.